The van der Waals surface area contributed by atoms with Crippen LogP contribution in [-0.4, -0.2) is 10.9 Å². The van der Waals surface area contributed by atoms with Crippen molar-refractivity contribution in [2.75, 3.05) is 5.75 Å². The molecule has 2 N–H and O–H groups in total. The molecule has 0 radical (unpaired) electrons. The topological polar surface area (TPSA) is 38.4 Å². The highest BCUT2D eigenvalue weighted by molar-refractivity contribution is 8.13. The molecule has 1 aromatic carbocycles. The van der Waals surface area contributed by atoms with Crippen LogP contribution in [0.15, 0.2) is 35.3 Å². The van der Waals surface area contributed by atoms with Crippen LogP contribution in [0.4, 0.5) is 4.39 Å². The van der Waals surface area contributed by atoms with Gasteiger partial charge in [0.05, 0.1) is 5.54 Å². The summed E-state index contributed by atoms with van der Waals surface area (Å²) < 4.78 is 13.1. The van der Waals surface area contributed by atoms with Crippen molar-refractivity contribution in [3.63, 3.8) is 0 Å². The van der Waals surface area contributed by atoms with E-state index < -0.39 is 0 Å². The van der Waals surface area contributed by atoms with E-state index in [0.717, 1.165) is 37.0 Å². The third-order valence-corrected chi connectivity index (χ3v) is 6.56. The largest absolute Gasteiger partial charge is 0.379 e. The molecule has 2 aromatic rings. The van der Waals surface area contributed by atoms with E-state index in [0.29, 0.717) is 5.17 Å². The molecular weight excluding hydrogens is 315 g/mol. The van der Waals surface area contributed by atoms with Crippen molar-refractivity contribution in [1.29, 1.82) is 0 Å². The Morgan fingerprint density at radius 2 is 2.00 bits per heavy atom. The number of aryl methyl sites for hydroxylation is 1. The van der Waals surface area contributed by atoms with E-state index in [9.17, 15) is 4.39 Å². The summed E-state index contributed by atoms with van der Waals surface area (Å²) in [5.41, 5.74) is 8.33. The highest BCUT2D eigenvalue weighted by Gasteiger charge is 2.39. The number of halogens is 1. The molecule has 1 aliphatic heterocycles. The molecule has 1 unspecified atom stereocenters. The summed E-state index contributed by atoms with van der Waals surface area (Å²) in [4.78, 5) is 7.47. The van der Waals surface area contributed by atoms with Crippen molar-refractivity contribution < 1.29 is 4.39 Å². The van der Waals surface area contributed by atoms with E-state index in [4.69, 9.17) is 10.7 Å². The minimum absolute atomic E-state index is 0.113. The van der Waals surface area contributed by atoms with Crippen molar-refractivity contribution in [1.82, 2.24) is 0 Å². The van der Waals surface area contributed by atoms with Gasteiger partial charge in [-0.3, -0.25) is 4.99 Å². The van der Waals surface area contributed by atoms with Crippen LogP contribution >= 0.6 is 23.1 Å². The summed E-state index contributed by atoms with van der Waals surface area (Å²) >= 11 is 3.48. The molecule has 0 amide bonds. The summed E-state index contributed by atoms with van der Waals surface area (Å²) in [6.07, 6.45) is 4.43. The van der Waals surface area contributed by atoms with Gasteiger partial charge in [-0.15, -0.1) is 11.3 Å². The Balaban J connectivity index is 1.80. The molecule has 2 aliphatic rings. The van der Waals surface area contributed by atoms with Crippen LogP contribution in [0.25, 0.3) is 10.4 Å². The molecule has 114 valence electrons. The van der Waals surface area contributed by atoms with Gasteiger partial charge in [-0.05, 0) is 55.0 Å². The fourth-order valence-electron chi connectivity index (χ4n) is 3.44. The zero-order valence-corrected chi connectivity index (χ0v) is 13.8. The van der Waals surface area contributed by atoms with Gasteiger partial charge in [-0.25, -0.2) is 4.39 Å². The number of nitrogens with zero attached hydrogens (tertiary/aromatic N) is 1. The van der Waals surface area contributed by atoms with Gasteiger partial charge in [0.15, 0.2) is 5.17 Å². The predicted molar refractivity (Wildman–Crippen MR) is 93.0 cm³/mol. The fourth-order valence-corrected chi connectivity index (χ4v) is 5.63. The van der Waals surface area contributed by atoms with Crippen LogP contribution < -0.4 is 5.73 Å². The van der Waals surface area contributed by atoms with Gasteiger partial charge in [0.2, 0.25) is 0 Å². The zero-order chi connectivity index (χ0) is 15.2. The lowest BCUT2D eigenvalue weighted by atomic mass is 9.78. The Kier molecular flexibility index (Phi) is 3.50. The first kappa shape index (κ1) is 14.3. The third-order valence-electron chi connectivity index (χ3n) is 4.52. The van der Waals surface area contributed by atoms with E-state index >= 15 is 0 Å². The van der Waals surface area contributed by atoms with Gasteiger partial charge in [0.25, 0.3) is 0 Å². The monoisotopic (exact) mass is 332 g/mol. The predicted octanol–water partition coefficient (Wildman–Crippen LogP) is 4.54. The number of hydrogen-bond acceptors (Lipinski definition) is 4. The maximum absolute atomic E-state index is 13.1. The van der Waals surface area contributed by atoms with Crippen molar-refractivity contribution in [2.45, 2.75) is 31.2 Å². The lowest BCUT2D eigenvalue weighted by Crippen LogP contribution is -2.34. The standard InChI is InChI=1S/C17H17FN2S2/c18-12-5-3-11(4-6-12)15-10-13-14(22-15)2-1-7-17(13)8-9-21-16(19)20-17/h3-6,10H,1-2,7-9H2,(H2,19,20). The van der Waals surface area contributed by atoms with Gasteiger partial charge in [0, 0.05) is 15.5 Å². The highest BCUT2D eigenvalue weighted by Crippen LogP contribution is 2.48. The van der Waals surface area contributed by atoms with Gasteiger partial charge in [0.1, 0.15) is 5.82 Å². The molecule has 1 aromatic heterocycles. The maximum atomic E-state index is 13.1. The maximum Gasteiger partial charge on any atom is 0.154 e. The van der Waals surface area contributed by atoms with Gasteiger partial charge < -0.3 is 5.73 Å². The summed E-state index contributed by atoms with van der Waals surface area (Å²) in [5.74, 6) is 0.847. The first-order chi connectivity index (χ1) is 10.7. The number of nitrogens with two attached hydrogens (primary N) is 1. The molecule has 1 atom stereocenters. The van der Waals surface area contributed by atoms with Crippen LogP contribution in [0.1, 0.15) is 29.7 Å². The van der Waals surface area contributed by atoms with E-state index in [-0.39, 0.29) is 11.4 Å². The van der Waals surface area contributed by atoms with E-state index in [2.05, 4.69) is 6.07 Å². The van der Waals surface area contributed by atoms with E-state index in [1.165, 1.54) is 27.5 Å². The summed E-state index contributed by atoms with van der Waals surface area (Å²) in [6.45, 7) is 0. The van der Waals surface area contributed by atoms with Crippen LogP contribution in [-0.2, 0) is 12.0 Å². The third kappa shape index (κ3) is 2.36. The highest BCUT2D eigenvalue weighted by atomic mass is 32.2. The first-order valence-electron chi connectivity index (χ1n) is 7.54. The second kappa shape index (κ2) is 5.39. The normalized spacial score (nSPS) is 24.1. The molecule has 4 rings (SSSR count). The lowest BCUT2D eigenvalue weighted by Gasteiger charge is -2.36. The number of rotatable bonds is 1. The molecule has 1 aliphatic carbocycles. The SMILES string of the molecule is NC1=NC2(CCCc3sc(-c4ccc(F)cc4)cc32)CCS1. The van der Waals surface area contributed by atoms with Gasteiger partial charge >= 0.3 is 0 Å². The van der Waals surface area contributed by atoms with Crippen molar-refractivity contribution in [3.8, 4) is 10.4 Å². The molecule has 2 heterocycles. The average molecular weight is 332 g/mol. The Bertz CT molecular complexity index is 736. The van der Waals surface area contributed by atoms with Crippen LogP contribution in [0.3, 0.4) is 0 Å². The molecule has 5 heteroatoms. The van der Waals surface area contributed by atoms with Crippen molar-refractivity contribution in [2.24, 2.45) is 10.7 Å². The smallest absolute Gasteiger partial charge is 0.154 e. The lowest BCUT2D eigenvalue weighted by molar-refractivity contribution is 0.368. The quantitative estimate of drug-likeness (QED) is 0.833. The molecular formula is C17H17FN2S2. The second-order valence-corrected chi connectivity index (χ2v) is 8.14. The summed E-state index contributed by atoms with van der Waals surface area (Å²) in [5, 5.41) is 0.716. The van der Waals surface area contributed by atoms with Crippen LogP contribution in [0, 0.1) is 5.82 Å². The number of fused-ring (bicyclic) bond motifs is 2. The molecule has 0 saturated carbocycles. The minimum atomic E-state index is -0.191. The van der Waals surface area contributed by atoms with Crippen molar-refractivity contribution in [3.05, 3.63) is 46.6 Å². The fraction of sp³-hybridized carbons (Fsp3) is 0.353. The number of aliphatic imine (C=N–C) groups is 1. The molecule has 0 fully saturated rings. The summed E-state index contributed by atoms with van der Waals surface area (Å²) in [6, 6.07) is 9.02. The zero-order valence-electron chi connectivity index (χ0n) is 12.1. The van der Waals surface area contributed by atoms with Gasteiger partial charge in [-0.1, -0.05) is 23.9 Å². The Morgan fingerprint density at radius 3 is 2.77 bits per heavy atom. The molecule has 1 spiro atoms. The van der Waals surface area contributed by atoms with E-state index in [1.807, 2.05) is 23.5 Å². The van der Waals surface area contributed by atoms with Gasteiger partial charge in [-0.2, -0.15) is 0 Å². The number of amidine groups is 1. The molecule has 22 heavy (non-hydrogen) atoms. The summed E-state index contributed by atoms with van der Waals surface area (Å²) in [7, 11) is 0. The molecule has 0 saturated heterocycles. The first-order valence-corrected chi connectivity index (χ1v) is 9.34. The molecule has 0 bridgehead atoms. The molecule has 2 nitrogen and oxygen atoms in total. The van der Waals surface area contributed by atoms with Crippen LogP contribution in [0.5, 0.6) is 0 Å². The van der Waals surface area contributed by atoms with E-state index in [1.54, 1.807) is 11.8 Å². The average Bonchev–Trinajstić information content (AvgIpc) is 2.94. The number of benzene rings is 1. The second-order valence-electron chi connectivity index (χ2n) is 5.89. The minimum Gasteiger partial charge on any atom is -0.379 e. The number of thiophene rings is 1. The Hall–Kier alpha value is -1.33. The van der Waals surface area contributed by atoms with Crippen molar-refractivity contribution >= 4 is 28.3 Å². The van der Waals surface area contributed by atoms with Crippen LogP contribution in [0.2, 0.25) is 0 Å². The number of hydrogen-bond donors (Lipinski definition) is 1. The number of thioether (sulfide) groups is 1. The Morgan fingerprint density at radius 1 is 1.18 bits per heavy atom. The Labute approximate surface area is 137 Å².